The number of benzene rings is 4. The first-order valence-electron chi connectivity index (χ1n) is 13.9. The lowest BCUT2D eigenvalue weighted by Gasteiger charge is -2.52. The summed E-state index contributed by atoms with van der Waals surface area (Å²) in [5, 5.41) is 6.26. The van der Waals surface area contributed by atoms with Gasteiger partial charge in [0.2, 0.25) is 11.8 Å². The second kappa shape index (κ2) is 9.04. The van der Waals surface area contributed by atoms with Gasteiger partial charge in [-0.15, -0.1) is 0 Å². The molecular weight excluding hydrogens is 524 g/mol. The van der Waals surface area contributed by atoms with Crippen LogP contribution in [0.2, 0.25) is 0 Å². The predicted octanol–water partition coefficient (Wildman–Crippen LogP) is 5.20. The fraction of sp³-hybridized carbons (Fsp3) is 0.114. The van der Waals surface area contributed by atoms with Crippen molar-refractivity contribution in [3.8, 4) is 0 Å². The first-order valence-corrected chi connectivity index (χ1v) is 13.9. The Morgan fingerprint density at radius 1 is 0.810 bits per heavy atom. The lowest BCUT2D eigenvalue weighted by Crippen LogP contribution is -2.54. The number of aromatic nitrogens is 1. The molecule has 4 aliphatic rings. The number of carbonyl (C=O) groups is 3. The summed E-state index contributed by atoms with van der Waals surface area (Å²) in [6.45, 7) is 0. The summed E-state index contributed by atoms with van der Waals surface area (Å²) in [5.74, 6) is -2.53. The number of nitrogens with zero attached hydrogens (tertiary/aromatic N) is 3. The molecule has 202 valence electrons. The highest BCUT2D eigenvalue weighted by Crippen LogP contribution is 2.63. The van der Waals surface area contributed by atoms with E-state index in [1.54, 1.807) is 24.5 Å². The van der Waals surface area contributed by atoms with Crippen LogP contribution >= 0.6 is 0 Å². The Morgan fingerprint density at radius 3 is 2.24 bits per heavy atom. The minimum absolute atomic E-state index is 0.215. The first kappa shape index (κ1) is 24.4. The minimum atomic E-state index is -1.07. The number of anilines is 1. The number of hydrogen-bond donors (Lipinski definition) is 1. The molecule has 0 spiro atoms. The third kappa shape index (κ3) is 3.19. The molecule has 0 saturated carbocycles. The zero-order chi connectivity index (χ0) is 28.4. The molecule has 1 aromatic heterocycles. The van der Waals surface area contributed by atoms with Crippen molar-refractivity contribution in [2.45, 2.75) is 11.3 Å². The van der Waals surface area contributed by atoms with Gasteiger partial charge >= 0.3 is 0 Å². The van der Waals surface area contributed by atoms with Gasteiger partial charge < -0.3 is 0 Å². The lowest BCUT2D eigenvalue weighted by atomic mass is 9.47. The summed E-state index contributed by atoms with van der Waals surface area (Å²) < 4.78 is 0. The monoisotopic (exact) mass is 548 g/mol. The second-order valence-electron chi connectivity index (χ2n) is 11.0. The molecule has 9 rings (SSSR count). The Labute approximate surface area is 241 Å². The third-order valence-corrected chi connectivity index (χ3v) is 9.05. The highest BCUT2D eigenvalue weighted by atomic mass is 16.2. The summed E-state index contributed by atoms with van der Waals surface area (Å²) in [5.41, 5.74) is 6.38. The van der Waals surface area contributed by atoms with Crippen LogP contribution in [0.4, 0.5) is 5.69 Å². The number of hydrogen-bond acceptors (Lipinski definition) is 5. The van der Waals surface area contributed by atoms with E-state index in [0.717, 1.165) is 33.0 Å². The molecule has 2 heterocycles. The topological polar surface area (TPSA) is 91.7 Å². The van der Waals surface area contributed by atoms with Gasteiger partial charge in [0.25, 0.3) is 5.91 Å². The van der Waals surface area contributed by atoms with Gasteiger partial charge in [-0.1, -0.05) is 84.9 Å². The molecule has 3 amide bonds. The smallest absolute Gasteiger partial charge is 0.272 e. The molecule has 5 aromatic rings. The number of pyridine rings is 1. The van der Waals surface area contributed by atoms with Crippen LogP contribution in [0.3, 0.4) is 0 Å². The maximum absolute atomic E-state index is 14.7. The number of amides is 3. The quantitative estimate of drug-likeness (QED) is 0.190. The molecule has 1 saturated heterocycles. The third-order valence-electron chi connectivity index (χ3n) is 9.05. The molecule has 7 nitrogen and oxygen atoms in total. The van der Waals surface area contributed by atoms with Crippen LogP contribution in [0.5, 0.6) is 0 Å². The van der Waals surface area contributed by atoms with Gasteiger partial charge in [0.05, 0.1) is 28.5 Å². The normalized spacial score (nSPS) is 23.6. The number of rotatable bonds is 4. The average molecular weight is 549 g/mol. The molecule has 2 bridgehead atoms. The summed E-state index contributed by atoms with van der Waals surface area (Å²) >= 11 is 0. The van der Waals surface area contributed by atoms with E-state index < -0.39 is 23.2 Å². The molecular formula is C35H24N4O3. The molecule has 3 aliphatic carbocycles. The molecule has 0 radical (unpaired) electrons. The maximum atomic E-state index is 14.7. The van der Waals surface area contributed by atoms with Crippen molar-refractivity contribution in [1.82, 2.24) is 10.4 Å². The number of imide groups is 1. The number of nitrogens with one attached hydrogen (secondary N) is 1. The van der Waals surface area contributed by atoms with Crippen molar-refractivity contribution >= 4 is 40.4 Å². The van der Waals surface area contributed by atoms with Crippen molar-refractivity contribution in [2.75, 3.05) is 4.90 Å². The van der Waals surface area contributed by atoms with Gasteiger partial charge in [0, 0.05) is 29.9 Å². The van der Waals surface area contributed by atoms with E-state index in [9.17, 15) is 14.4 Å². The van der Waals surface area contributed by atoms with E-state index >= 15 is 0 Å². The summed E-state index contributed by atoms with van der Waals surface area (Å²) in [6, 6.07) is 32.8. The minimum Gasteiger partial charge on any atom is -0.274 e. The molecule has 0 unspecified atom stereocenters. The molecule has 1 N–H and O–H groups in total. The lowest BCUT2D eigenvalue weighted by molar-refractivity contribution is -0.122. The van der Waals surface area contributed by atoms with Gasteiger partial charge in [-0.05, 0) is 45.8 Å². The highest BCUT2D eigenvalue weighted by Gasteiger charge is 2.68. The van der Waals surface area contributed by atoms with Crippen LogP contribution < -0.4 is 10.3 Å². The standard InChI is InChI=1S/C35H24N4O3/c40-32(22-11-8-18-36-19-22)38-37-20-35-26-15-5-3-13-24(26)29(25-14-4-6-16-27(25)35)30-31(35)34(42)39(33(30)41)28-17-7-10-21-9-1-2-12-23(21)28/h1-20,29-31H,(H,38,40)/b37-20-/t29?,30-,31+,35?/m1/s1. The van der Waals surface area contributed by atoms with E-state index in [1.165, 1.54) is 11.1 Å². The van der Waals surface area contributed by atoms with Gasteiger partial charge in [-0.3, -0.25) is 19.4 Å². The molecule has 1 fully saturated rings. The van der Waals surface area contributed by atoms with Crippen LogP contribution in [0.25, 0.3) is 10.8 Å². The van der Waals surface area contributed by atoms with Gasteiger partial charge in [-0.25, -0.2) is 10.3 Å². The van der Waals surface area contributed by atoms with E-state index in [2.05, 4.69) is 15.5 Å². The van der Waals surface area contributed by atoms with Crippen molar-refractivity contribution in [3.63, 3.8) is 0 Å². The Bertz CT molecular complexity index is 1920. The highest BCUT2D eigenvalue weighted by molar-refractivity contribution is 6.27. The van der Waals surface area contributed by atoms with E-state index in [0.29, 0.717) is 11.3 Å². The van der Waals surface area contributed by atoms with Gasteiger partial charge in [0.1, 0.15) is 0 Å². The Balaban J connectivity index is 1.33. The Hall–Kier alpha value is -5.43. The van der Waals surface area contributed by atoms with Crippen LogP contribution in [0.15, 0.2) is 121 Å². The maximum Gasteiger partial charge on any atom is 0.272 e. The molecule has 2 atom stereocenters. The Morgan fingerprint density at radius 2 is 1.50 bits per heavy atom. The van der Waals surface area contributed by atoms with Crippen molar-refractivity contribution < 1.29 is 14.4 Å². The number of hydrazone groups is 1. The van der Waals surface area contributed by atoms with Crippen molar-refractivity contribution in [2.24, 2.45) is 16.9 Å². The first-order chi connectivity index (χ1) is 20.6. The van der Waals surface area contributed by atoms with Crippen LogP contribution in [-0.4, -0.2) is 28.9 Å². The fourth-order valence-corrected chi connectivity index (χ4v) is 7.44. The summed E-state index contributed by atoms with van der Waals surface area (Å²) in [4.78, 5) is 47.5. The van der Waals surface area contributed by atoms with E-state index in [4.69, 9.17) is 0 Å². The van der Waals surface area contributed by atoms with Crippen LogP contribution in [0.1, 0.15) is 38.5 Å². The van der Waals surface area contributed by atoms with Crippen LogP contribution in [-0.2, 0) is 15.0 Å². The van der Waals surface area contributed by atoms with E-state index in [-0.39, 0.29) is 17.7 Å². The van der Waals surface area contributed by atoms with Gasteiger partial charge in [-0.2, -0.15) is 5.10 Å². The average Bonchev–Trinajstić information content (AvgIpc) is 3.31. The molecule has 7 heteroatoms. The number of fused-ring (bicyclic) bond motifs is 1. The van der Waals surface area contributed by atoms with Crippen molar-refractivity contribution in [3.05, 3.63) is 143 Å². The van der Waals surface area contributed by atoms with Gasteiger partial charge in [0.15, 0.2) is 0 Å². The second-order valence-corrected chi connectivity index (χ2v) is 11.0. The van der Waals surface area contributed by atoms with Crippen LogP contribution in [0, 0.1) is 11.8 Å². The van der Waals surface area contributed by atoms with E-state index in [1.807, 2.05) is 91.0 Å². The summed E-state index contributed by atoms with van der Waals surface area (Å²) in [7, 11) is 0. The zero-order valence-electron chi connectivity index (χ0n) is 22.3. The van der Waals surface area contributed by atoms with Crippen molar-refractivity contribution in [1.29, 1.82) is 0 Å². The fourth-order valence-electron chi connectivity index (χ4n) is 7.44. The Kier molecular flexibility index (Phi) is 5.25. The SMILES string of the molecule is O=C(N/N=C\C12c3ccccc3C(c3ccccc31)[C@H]1C(=O)N(c3cccc4ccccc34)C(=O)[C@H]12)c1cccnc1. The molecule has 4 aromatic carbocycles. The molecule has 42 heavy (non-hydrogen) atoms. The summed E-state index contributed by atoms with van der Waals surface area (Å²) in [6.07, 6.45) is 4.73. The molecule has 1 aliphatic heterocycles. The zero-order valence-corrected chi connectivity index (χ0v) is 22.3. The predicted molar refractivity (Wildman–Crippen MR) is 159 cm³/mol. The largest absolute Gasteiger partial charge is 0.274 e. The number of carbonyl (C=O) groups excluding carboxylic acids is 3.